The van der Waals surface area contributed by atoms with Gasteiger partial charge in [0.15, 0.2) is 0 Å². The number of nitrogens with two attached hydrogens (primary N) is 1. The molecular formula is C13H23N5O. The Kier molecular flexibility index (Phi) is 4.39. The third kappa shape index (κ3) is 3.94. The third-order valence-corrected chi connectivity index (χ3v) is 3.12. The SMILES string of the molecule is CC(C)CC(C)Oc1nc(N)nc(N2CCCC2)n1. The van der Waals surface area contributed by atoms with E-state index in [9.17, 15) is 0 Å². The molecule has 0 spiro atoms. The van der Waals surface area contributed by atoms with Crippen LogP contribution in [0.5, 0.6) is 6.01 Å². The first-order valence-electron chi connectivity index (χ1n) is 6.97. The van der Waals surface area contributed by atoms with Crippen LogP contribution < -0.4 is 15.4 Å². The van der Waals surface area contributed by atoms with E-state index in [4.69, 9.17) is 10.5 Å². The quantitative estimate of drug-likeness (QED) is 0.875. The van der Waals surface area contributed by atoms with E-state index in [-0.39, 0.29) is 12.1 Å². The summed E-state index contributed by atoms with van der Waals surface area (Å²) in [7, 11) is 0. The number of nitrogen functional groups attached to an aromatic ring is 1. The molecule has 1 aliphatic rings. The van der Waals surface area contributed by atoms with Crippen molar-refractivity contribution in [1.82, 2.24) is 15.0 Å². The molecule has 6 heteroatoms. The van der Waals surface area contributed by atoms with Gasteiger partial charge in [-0.1, -0.05) is 13.8 Å². The normalized spacial score (nSPS) is 16.9. The molecule has 0 saturated carbocycles. The molecule has 0 radical (unpaired) electrons. The molecule has 0 aliphatic carbocycles. The van der Waals surface area contributed by atoms with E-state index < -0.39 is 0 Å². The summed E-state index contributed by atoms with van der Waals surface area (Å²) < 4.78 is 5.74. The summed E-state index contributed by atoms with van der Waals surface area (Å²) >= 11 is 0. The summed E-state index contributed by atoms with van der Waals surface area (Å²) in [5, 5.41) is 0. The highest BCUT2D eigenvalue weighted by atomic mass is 16.5. The van der Waals surface area contributed by atoms with Crippen molar-refractivity contribution < 1.29 is 4.74 Å². The monoisotopic (exact) mass is 265 g/mol. The van der Waals surface area contributed by atoms with Gasteiger partial charge in [-0.15, -0.1) is 0 Å². The molecular weight excluding hydrogens is 242 g/mol. The van der Waals surface area contributed by atoms with Crippen LogP contribution in [0.2, 0.25) is 0 Å². The van der Waals surface area contributed by atoms with Crippen LogP contribution in [-0.4, -0.2) is 34.1 Å². The largest absolute Gasteiger partial charge is 0.460 e. The molecule has 1 atom stereocenters. The Labute approximate surface area is 114 Å². The second kappa shape index (κ2) is 6.04. The Morgan fingerprint density at radius 3 is 2.47 bits per heavy atom. The molecule has 1 aromatic rings. The maximum atomic E-state index is 5.74. The van der Waals surface area contributed by atoms with Gasteiger partial charge in [-0.25, -0.2) is 0 Å². The highest BCUT2D eigenvalue weighted by molar-refractivity contribution is 5.36. The molecule has 2 heterocycles. The zero-order valence-electron chi connectivity index (χ0n) is 12.0. The van der Waals surface area contributed by atoms with Crippen LogP contribution in [0, 0.1) is 5.92 Å². The van der Waals surface area contributed by atoms with Gasteiger partial charge in [0.2, 0.25) is 11.9 Å². The number of anilines is 2. The Balaban J connectivity index is 2.07. The van der Waals surface area contributed by atoms with E-state index in [1.807, 2.05) is 6.92 Å². The predicted molar refractivity (Wildman–Crippen MR) is 75.2 cm³/mol. The highest BCUT2D eigenvalue weighted by Crippen LogP contribution is 2.19. The van der Waals surface area contributed by atoms with Crippen molar-refractivity contribution in [1.29, 1.82) is 0 Å². The van der Waals surface area contributed by atoms with Crippen molar-refractivity contribution in [3.8, 4) is 6.01 Å². The fourth-order valence-corrected chi connectivity index (χ4v) is 2.36. The van der Waals surface area contributed by atoms with Crippen LogP contribution in [0.15, 0.2) is 0 Å². The molecule has 19 heavy (non-hydrogen) atoms. The van der Waals surface area contributed by atoms with Crippen molar-refractivity contribution in [2.45, 2.75) is 46.1 Å². The molecule has 0 amide bonds. The van der Waals surface area contributed by atoms with Crippen LogP contribution in [-0.2, 0) is 0 Å². The lowest BCUT2D eigenvalue weighted by atomic mass is 10.1. The van der Waals surface area contributed by atoms with E-state index in [0.717, 1.165) is 19.5 Å². The summed E-state index contributed by atoms with van der Waals surface area (Å²) in [5.41, 5.74) is 5.74. The second-order valence-corrected chi connectivity index (χ2v) is 5.53. The minimum absolute atomic E-state index is 0.0771. The van der Waals surface area contributed by atoms with Crippen LogP contribution in [0.1, 0.15) is 40.0 Å². The lowest BCUT2D eigenvalue weighted by molar-refractivity contribution is 0.177. The Bertz CT molecular complexity index is 417. The molecule has 1 aliphatic heterocycles. The lowest BCUT2D eigenvalue weighted by Crippen LogP contribution is -2.23. The second-order valence-electron chi connectivity index (χ2n) is 5.53. The molecule has 1 aromatic heterocycles. The first kappa shape index (κ1) is 13.8. The van der Waals surface area contributed by atoms with E-state index in [0.29, 0.717) is 17.9 Å². The molecule has 1 fully saturated rings. The van der Waals surface area contributed by atoms with Crippen molar-refractivity contribution in [3.63, 3.8) is 0 Å². The number of hydrogen-bond donors (Lipinski definition) is 1. The number of ether oxygens (including phenoxy) is 1. The number of aromatic nitrogens is 3. The Morgan fingerprint density at radius 1 is 1.16 bits per heavy atom. The molecule has 6 nitrogen and oxygen atoms in total. The summed E-state index contributed by atoms with van der Waals surface area (Å²) in [4.78, 5) is 14.7. The van der Waals surface area contributed by atoms with Gasteiger partial charge in [0.05, 0.1) is 6.10 Å². The van der Waals surface area contributed by atoms with Crippen molar-refractivity contribution in [3.05, 3.63) is 0 Å². The summed E-state index contributed by atoms with van der Waals surface area (Å²) in [6.45, 7) is 8.30. The highest BCUT2D eigenvalue weighted by Gasteiger charge is 2.18. The van der Waals surface area contributed by atoms with Crippen LogP contribution >= 0.6 is 0 Å². The number of nitrogens with zero attached hydrogens (tertiary/aromatic N) is 4. The summed E-state index contributed by atoms with van der Waals surface area (Å²) in [6, 6.07) is 0.336. The predicted octanol–water partition coefficient (Wildman–Crippen LogP) is 1.87. The van der Waals surface area contributed by atoms with E-state index >= 15 is 0 Å². The van der Waals surface area contributed by atoms with Crippen molar-refractivity contribution >= 4 is 11.9 Å². The molecule has 0 bridgehead atoms. The smallest absolute Gasteiger partial charge is 0.323 e. The van der Waals surface area contributed by atoms with Crippen molar-refractivity contribution in [2.24, 2.45) is 5.92 Å². The minimum atomic E-state index is 0.0771. The van der Waals surface area contributed by atoms with Crippen LogP contribution in [0.25, 0.3) is 0 Å². The summed E-state index contributed by atoms with van der Waals surface area (Å²) in [6.07, 6.45) is 3.38. The standard InChI is InChI=1S/C13H23N5O/c1-9(2)8-10(3)19-13-16-11(14)15-12(17-13)18-6-4-5-7-18/h9-10H,4-8H2,1-3H3,(H2,14,15,16,17). The fraction of sp³-hybridized carbons (Fsp3) is 0.769. The van der Waals surface area contributed by atoms with E-state index in [1.54, 1.807) is 0 Å². The zero-order chi connectivity index (χ0) is 13.8. The summed E-state index contributed by atoms with van der Waals surface area (Å²) in [5.74, 6) is 1.44. The van der Waals surface area contributed by atoms with Crippen LogP contribution in [0.3, 0.4) is 0 Å². The lowest BCUT2D eigenvalue weighted by Gasteiger charge is -2.18. The van der Waals surface area contributed by atoms with E-state index in [1.165, 1.54) is 12.8 Å². The molecule has 2 N–H and O–H groups in total. The molecule has 2 rings (SSSR count). The molecule has 1 unspecified atom stereocenters. The Morgan fingerprint density at radius 2 is 1.84 bits per heavy atom. The van der Waals surface area contributed by atoms with E-state index in [2.05, 4.69) is 33.7 Å². The topological polar surface area (TPSA) is 77.2 Å². The average Bonchev–Trinajstić information content (AvgIpc) is 2.79. The van der Waals surface area contributed by atoms with Gasteiger partial charge in [0, 0.05) is 13.1 Å². The molecule has 1 saturated heterocycles. The van der Waals surface area contributed by atoms with Crippen molar-refractivity contribution in [2.75, 3.05) is 23.7 Å². The van der Waals surface area contributed by atoms with Gasteiger partial charge in [0.1, 0.15) is 0 Å². The first-order valence-corrected chi connectivity index (χ1v) is 6.97. The minimum Gasteiger partial charge on any atom is -0.460 e. The van der Waals surface area contributed by atoms with Gasteiger partial charge in [0.25, 0.3) is 0 Å². The van der Waals surface area contributed by atoms with Gasteiger partial charge >= 0.3 is 6.01 Å². The average molecular weight is 265 g/mol. The fourth-order valence-electron chi connectivity index (χ4n) is 2.36. The maximum absolute atomic E-state index is 5.74. The third-order valence-electron chi connectivity index (χ3n) is 3.12. The maximum Gasteiger partial charge on any atom is 0.323 e. The molecule has 0 aromatic carbocycles. The van der Waals surface area contributed by atoms with Gasteiger partial charge < -0.3 is 15.4 Å². The number of hydrogen-bond acceptors (Lipinski definition) is 6. The van der Waals surface area contributed by atoms with Gasteiger partial charge in [-0.2, -0.15) is 15.0 Å². The Hall–Kier alpha value is -1.59. The van der Waals surface area contributed by atoms with Gasteiger partial charge in [-0.3, -0.25) is 0 Å². The van der Waals surface area contributed by atoms with Gasteiger partial charge in [-0.05, 0) is 32.1 Å². The first-order chi connectivity index (χ1) is 9.04. The number of rotatable bonds is 5. The zero-order valence-corrected chi connectivity index (χ0v) is 12.0. The molecule has 106 valence electrons. The van der Waals surface area contributed by atoms with Crippen LogP contribution in [0.4, 0.5) is 11.9 Å².